The lowest BCUT2D eigenvalue weighted by Crippen LogP contribution is -2.09. The van der Waals surface area contributed by atoms with E-state index in [2.05, 4.69) is 31.9 Å². The molecule has 0 aliphatic heterocycles. The molecule has 0 aromatic heterocycles. The highest BCUT2D eigenvalue weighted by atomic mass is 79.9. The third kappa shape index (κ3) is 2.81. The van der Waals surface area contributed by atoms with Gasteiger partial charge in [0, 0.05) is 14.5 Å². The minimum Gasteiger partial charge on any atom is -0.294 e. The second kappa shape index (κ2) is 4.25. The summed E-state index contributed by atoms with van der Waals surface area (Å²) in [5.41, 5.74) is -0.848. The molecule has 1 nitrogen and oxygen atoms in total. The van der Waals surface area contributed by atoms with Gasteiger partial charge >= 0.3 is 6.18 Å². The van der Waals surface area contributed by atoms with Crippen LogP contribution in [0.4, 0.5) is 13.2 Å². The molecule has 1 aromatic rings. The summed E-state index contributed by atoms with van der Waals surface area (Å²) < 4.78 is 37.5. The van der Waals surface area contributed by atoms with Crippen LogP contribution in [0.3, 0.4) is 0 Å². The van der Waals surface area contributed by atoms with Crippen LogP contribution in [-0.4, -0.2) is 5.78 Å². The van der Waals surface area contributed by atoms with E-state index in [9.17, 15) is 18.0 Å². The SMILES string of the molecule is CC(=O)c1cc(Br)cc(C(F)(F)F)c1Br. The van der Waals surface area contributed by atoms with Crippen molar-refractivity contribution in [3.8, 4) is 0 Å². The Bertz CT molecular complexity index is 413. The van der Waals surface area contributed by atoms with Gasteiger partial charge in [0.2, 0.25) is 0 Å². The van der Waals surface area contributed by atoms with Gasteiger partial charge in [-0.25, -0.2) is 0 Å². The second-order valence-corrected chi connectivity index (χ2v) is 4.58. The van der Waals surface area contributed by atoms with Crippen molar-refractivity contribution in [2.45, 2.75) is 13.1 Å². The van der Waals surface area contributed by atoms with Crippen LogP contribution in [0, 0.1) is 0 Å². The van der Waals surface area contributed by atoms with Crippen LogP contribution < -0.4 is 0 Å². The molecular weight excluding hydrogens is 341 g/mol. The number of hydrogen-bond acceptors (Lipinski definition) is 1. The average Bonchev–Trinajstić information content (AvgIpc) is 2.06. The zero-order chi connectivity index (χ0) is 11.8. The molecule has 0 spiro atoms. The van der Waals surface area contributed by atoms with Gasteiger partial charge in [0.25, 0.3) is 0 Å². The zero-order valence-corrected chi connectivity index (χ0v) is 10.6. The fourth-order valence-corrected chi connectivity index (χ4v) is 2.24. The van der Waals surface area contributed by atoms with Gasteiger partial charge in [-0.2, -0.15) is 13.2 Å². The number of rotatable bonds is 1. The Morgan fingerprint density at radius 2 is 1.80 bits per heavy atom. The van der Waals surface area contributed by atoms with E-state index >= 15 is 0 Å². The van der Waals surface area contributed by atoms with Gasteiger partial charge in [0.15, 0.2) is 5.78 Å². The fourth-order valence-electron chi connectivity index (χ4n) is 1.05. The Kier molecular flexibility index (Phi) is 3.60. The molecule has 0 aliphatic carbocycles. The maximum Gasteiger partial charge on any atom is 0.417 e. The van der Waals surface area contributed by atoms with Crippen molar-refractivity contribution in [1.29, 1.82) is 0 Å². The Hall–Kier alpha value is -0.360. The predicted octanol–water partition coefficient (Wildman–Crippen LogP) is 4.43. The van der Waals surface area contributed by atoms with E-state index in [1.807, 2.05) is 0 Å². The van der Waals surface area contributed by atoms with Crippen LogP contribution in [0.25, 0.3) is 0 Å². The van der Waals surface area contributed by atoms with E-state index in [1.54, 1.807) is 0 Å². The van der Waals surface area contributed by atoms with Crippen molar-refractivity contribution < 1.29 is 18.0 Å². The van der Waals surface area contributed by atoms with Crippen LogP contribution in [0.1, 0.15) is 22.8 Å². The molecule has 0 radical (unpaired) electrons. The van der Waals surface area contributed by atoms with Gasteiger partial charge in [-0.3, -0.25) is 4.79 Å². The highest BCUT2D eigenvalue weighted by molar-refractivity contribution is 9.11. The molecule has 0 atom stereocenters. The van der Waals surface area contributed by atoms with Crippen molar-refractivity contribution in [2.75, 3.05) is 0 Å². The van der Waals surface area contributed by atoms with Crippen molar-refractivity contribution >= 4 is 37.6 Å². The van der Waals surface area contributed by atoms with Crippen LogP contribution in [0.5, 0.6) is 0 Å². The lowest BCUT2D eigenvalue weighted by atomic mass is 10.1. The Balaban J connectivity index is 3.49. The second-order valence-electron chi connectivity index (χ2n) is 2.87. The molecular formula is C9H5Br2F3O. The third-order valence-electron chi connectivity index (χ3n) is 1.72. The fraction of sp³-hybridized carbons (Fsp3) is 0.222. The molecule has 0 N–H and O–H groups in total. The average molecular weight is 346 g/mol. The van der Waals surface area contributed by atoms with Crippen LogP contribution in [0.2, 0.25) is 0 Å². The monoisotopic (exact) mass is 344 g/mol. The van der Waals surface area contributed by atoms with Crippen LogP contribution in [0.15, 0.2) is 21.1 Å². The van der Waals surface area contributed by atoms with Crippen molar-refractivity contribution in [2.24, 2.45) is 0 Å². The number of carbonyl (C=O) groups excluding carboxylic acids is 1. The van der Waals surface area contributed by atoms with Crippen molar-refractivity contribution in [3.05, 3.63) is 32.2 Å². The highest BCUT2D eigenvalue weighted by Gasteiger charge is 2.34. The van der Waals surface area contributed by atoms with Crippen LogP contribution >= 0.6 is 31.9 Å². The first-order valence-corrected chi connectivity index (χ1v) is 5.39. The summed E-state index contributed by atoms with van der Waals surface area (Å²) in [5, 5.41) is 0. The molecule has 15 heavy (non-hydrogen) atoms. The summed E-state index contributed by atoms with van der Waals surface area (Å²) in [6.07, 6.45) is -4.48. The van der Waals surface area contributed by atoms with E-state index in [0.717, 1.165) is 6.07 Å². The lowest BCUT2D eigenvalue weighted by Gasteiger charge is -2.12. The number of Topliss-reactive ketones (excluding diaryl/α,β-unsaturated/α-hetero) is 1. The zero-order valence-electron chi connectivity index (χ0n) is 7.45. The first-order chi connectivity index (χ1) is 6.73. The molecule has 1 aromatic carbocycles. The molecule has 0 saturated heterocycles. The molecule has 1 rings (SSSR count). The lowest BCUT2D eigenvalue weighted by molar-refractivity contribution is -0.138. The number of halogens is 5. The van der Waals surface area contributed by atoms with Gasteiger partial charge in [-0.1, -0.05) is 15.9 Å². The summed E-state index contributed by atoms with van der Waals surface area (Å²) in [4.78, 5) is 11.1. The standard InChI is InChI=1S/C9H5Br2F3O/c1-4(15)6-2-5(10)3-7(8(6)11)9(12,13)14/h2-3H,1H3. The predicted molar refractivity (Wildman–Crippen MR) is 56.8 cm³/mol. The van der Waals surface area contributed by atoms with E-state index < -0.39 is 17.5 Å². The number of alkyl halides is 3. The maximum atomic E-state index is 12.5. The molecule has 0 amide bonds. The van der Waals surface area contributed by atoms with E-state index in [1.165, 1.54) is 13.0 Å². The van der Waals surface area contributed by atoms with Gasteiger partial charge in [-0.05, 0) is 35.0 Å². The third-order valence-corrected chi connectivity index (χ3v) is 3.03. The topological polar surface area (TPSA) is 17.1 Å². The van der Waals surface area contributed by atoms with Gasteiger partial charge in [0.05, 0.1) is 5.56 Å². The van der Waals surface area contributed by atoms with Gasteiger partial charge < -0.3 is 0 Å². The largest absolute Gasteiger partial charge is 0.417 e. The summed E-state index contributed by atoms with van der Waals surface area (Å²) in [6.45, 7) is 1.21. The smallest absolute Gasteiger partial charge is 0.294 e. The molecule has 0 unspecified atom stereocenters. The number of carbonyl (C=O) groups is 1. The van der Waals surface area contributed by atoms with Gasteiger partial charge in [0.1, 0.15) is 0 Å². The molecule has 0 saturated carbocycles. The molecule has 0 bridgehead atoms. The van der Waals surface area contributed by atoms with Crippen molar-refractivity contribution in [3.63, 3.8) is 0 Å². The number of hydrogen-bond donors (Lipinski definition) is 0. The van der Waals surface area contributed by atoms with E-state index in [-0.39, 0.29) is 14.5 Å². The summed E-state index contributed by atoms with van der Waals surface area (Å²) in [7, 11) is 0. The molecule has 0 fully saturated rings. The quantitative estimate of drug-likeness (QED) is 0.688. The normalized spacial score (nSPS) is 11.6. The maximum absolute atomic E-state index is 12.5. The number of ketones is 1. The van der Waals surface area contributed by atoms with E-state index in [0.29, 0.717) is 0 Å². The summed E-state index contributed by atoms with van der Waals surface area (Å²) in [6, 6.07) is 2.28. The molecule has 82 valence electrons. The molecule has 0 heterocycles. The van der Waals surface area contributed by atoms with E-state index in [4.69, 9.17) is 0 Å². The summed E-state index contributed by atoms with van der Waals surface area (Å²) in [5.74, 6) is -0.423. The Morgan fingerprint density at radius 3 is 2.20 bits per heavy atom. The molecule has 6 heteroatoms. The summed E-state index contributed by atoms with van der Waals surface area (Å²) >= 11 is 5.72. The first kappa shape index (κ1) is 12.7. The van der Waals surface area contributed by atoms with Gasteiger partial charge in [-0.15, -0.1) is 0 Å². The highest BCUT2D eigenvalue weighted by Crippen LogP contribution is 2.38. The first-order valence-electron chi connectivity index (χ1n) is 3.80. The van der Waals surface area contributed by atoms with Crippen molar-refractivity contribution in [1.82, 2.24) is 0 Å². The van der Waals surface area contributed by atoms with Crippen LogP contribution in [-0.2, 0) is 6.18 Å². The Labute approximate surface area is 101 Å². The minimum atomic E-state index is -4.48. The minimum absolute atomic E-state index is 0.0108. The molecule has 0 aliphatic rings. The Morgan fingerprint density at radius 1 is 1.27 bits per heavy atom. The number of benzene rings is 1.